The van der Waals surface area contributed by atoms with E-state index in [1.807, 2.05) is 18.2 Å². The van der Waals surface area contributed by atoms with Gasteiger partial charge < -0.3 is 20.1 Å². The highest BCUT2D eigenvalue weighted by Gasteiger charge is 2.13. The molecule has 1 aliphatic rings. The first-order valence-corrected chi connectivity index (χ1v) is 9.59. The highest BCUT2D eigenvalue weighted by atomic mass is 127. The Kier molecular flexibility index (Phi) is 10.3. The molecule has 2 N–H and O–H groups in total. The van der Waals surface area contributed by atoms with E-state index in [-0.39, 0.29) is 24.0 Å². The Morgan fingerprint density at radius 2 is 1.50 bits per heavy atom. The summed E-state index contributed by atoms with van der Waals surface area (Å²) in [6.07, 6.45) is 2.33. The number of ether oxygens (including phenoxy) is 2. The summed E-state index contributed by atoms with van der Waals surface area (Å²) >= 11 is 0. The van der Waals surface area contributed by atoms with Gasteiger partial charge in [0.25, 0.3) is 0 Å². The van der Waals surface area contributed by atoms with E-state index in [9.17, 15) is 0 Å². The van der Waals surface area contributed by atoms with E-state index in [0.717, 1.165) is 45.1 Å². The minimum Gasteiger partial charge on any atom is -0.381 e. The topological polar surface area (TPSA) is 54.9 Å². The van der Waals surface area contributed by atoms with Crippen LogP contribution in [0.1, 0.15) is 29.5 Å². The van der Waals surface area contributed by atoms with Crippen LogP contribution in [0.15, 0.2) is 59.6 Å². The number of hydrogen-bond acceptors (Lipinski definition) is 3. The maximum absolute atomic E-state index is 5.97. The standard InChI is InChI=1S/C22H29N3O2.HI/c1-23-22(24-15-18-5-3-2-4-6-18)25-16-19-7-9-20(10-8-19)17-27-21-11-13-26-14-12-21;/h2-10,21H,11-17H2,1H3,(H2,23,24,25);1H. The van der Waals surface area contributed by atoms with E-state index in [1.54, 1.807) is 7.05 Å². The molecule has 1 aliphatic heterocycles. The van der Waals surface area contributed by atoms with Crippen LogP contribution in [0.2, 0.25) is 0 Å². The van der Waals surface area contributed by atoms with Crippen LogP contribution in [0.5, 0.6) is 0 Å². The highest BCUT2D eigenvalue weighted by Crippen LogP contribution is 2.14. The number of rotatable bonds is 7. The molecule has 1 saturated heterocycles. The van der Waals surface area contributed by atoms with Gasteiger partial charge >= 0.3 is 0 Å². The summed E-state index contributed by atoms with van der Waals surface area (Å²) in [5, 5.41) is 6.69. The van der Waals surface area contributed by atoms with Crippen molar-refractivity contribution in [1.82, 2.24) is 10.6 Å². The number of nitrogens with zero attached hydrogens (tertiary/aromatic N) is 1. The van der Waals surface area contributed by atoms with E-state index in [0.29, 0.717) is 12.7 Å². The molecule has 0 spiro atoms. The van der Waals surface area contributed by atoms with E-state index < -0.39 is 0 Å². The fourth-order valence-electron chi connectivity index (χ4n) is 3.00. The van der Waals surface area contributed by atoms with Gasteiger partial charge in [0.2, 0.25) is 0 Å². The van der Waals surface area contributed by atoms with Crippen molar-refractivity contribution >= 4 is 29.9 Å². The van der Waals surface area contributed by atoms with Crippen LogP contribution in [0.25, 0.3) is 0 Å². The second-order valence-electron chi connectivity index (χ2n) is 6.70. The Hall–Kier alpha value is -1.64. The minimum atomic E-state index is 0. The zero-order valence-corrected chi connectivity index (χ0v) is 18.7. The second-order valence-corrected chi connectivity index (χ2v) is 6.70. The lowest BCUT2D eigenvalue weighted by atomic mass is 10.1. The molecule has 0 unspecified atom stereocenters. The molecule has 2 aromatic rings. The van der Waals surface area contributed by atoms with Gasteiger partial charge in [-0.1, -0.05) is 54.6 Å². The van der Waals surface area contributed by atoms with Gasteiger partial charge in [0.15, 0.2) is 5.96 Å². The third-order valence-corrected chi connectivity index (χ3v) is 4.66. The third kappa shape index (κ3) is 7.77. The molecule has 2 aromatic carbocycles. The molecule has 152 valence electrons. The number of hydrogen-bond donors (Lipinski definition) is 2. The number of nitrogens with one attached hydrogen (secondary N) is 2. The maximum atomic E-state index is 5.97. The van der Waals surface area contributed by atoms with Crippen LogP contribution >= 0.6 is 24.0 Å². The quantitative estimate of drug-likeness (QED) is 0.348. The van der Waals surface area contributed by atoms with Crippen LogP contribution in [-0.2, 0) is 29.2 Å². The Balaban J connectivity index is 0.00000280. The first-order chi connectivity index (χ1) is 13.3. The Bertz CT molecular complexity index is 701. The lowest BCUT2D eigenvalue weighted by Crippen LogP contribution is -2.36. The van der Waals surface area contributed by atoms with Gasteiger partial charge in [0, 0.05) is 33.4 Å². The molecular formula is C22H30IN3O2. The molecule has 0 atom stereocenters. The zero-order valence-electron chi connectivity index (χ0n) is 16.4. The predicted molar refractivity (Wildman–Crippen MR) is 124 cm³/mol. The second kappa shape index (κ2) is 12.7. The van der Waals surface area contributed by atoms with Gasteiger partial charge in [-0.2, -0.15) is 0 Å². The average Bonchev–Trinajstić information content (AvgIpc) is 2.74. The molecule has 0 amide bonds. The van der Waals surface area contributed by atoms with E-state index in [4.69, 9.17) is 9.47 Å². The van der Waals surface area contributed by atoms with Gasteiger partial charge in [-0.3, -0.25) is 4.99 Å². The summed E-state index contributed by atoms with van der Waals surface area (Å²) in [6.45, 7) is 3.78. The predicted octanol–water partition coefficient (Wildman–Crippen LogP) is 3.87. The van der Waals surface area contributed by atoms with E-state index in [2.05, 4.69) is 52.0 Å². The molecule has 0 radical (unpaired) electrons. The minimum absolute atomic E-state index is 0. The van der Waals surface area contributed by atoms with Crippen LogP contribution < -0.4 is 10.6 Å². The molecule has 0 saturated carbocycles. The Morgan fingerprint density at radius 1 is 0.929 bits per heavy atom. The van der Waals surface area contributed by atoms with Gasteiger partial charge in [-0.25, -0.2) is 0 Å². The number of guanidine groups is 1. The lowest BCUT2D eigenvalue weighted by Gasteiger charge is -2.22. The smallest absolute Gasteiger partial charge is 0.191 e. The van der Waals surface area contributed by atoms with Crippen molar-refractivity contribution in [2.75, 3.05) is 20.3 Å². The SMILES string of the molecule is CN=C(NCc1ccccc1)NCc1ccc(COC2CCOCC2)cc1.I. The molecule has 0 bridgehead atoms. The summed E-state index contributed by atoms with van der Waals surface area (Å²) in [7, 11) is 1.79. The van der Waals surface area contributed by atoms with Crippen molar-refractivity contribution < 1.29 is 9.47 Å². The number of aliphatic imine (C=N–C) groups is 1. The lowest BCUT2D eigenvalue weighted by molar-refractivity contribution is -0.0390. The molecule has 28 heavy (non-hydrogen) atoms. The molecular weight excluding hydrogens is 465 g/mol. The largest absolute Gasteiger partial charge is 0.381 e. The molecule has 5 nitrogen and oxygen atoms in total. The number of halogens is 1. The summed E-state index contributed by atoms with van der Waals surface area (Å²) < 4.78 is 11.3. The zero-order chi connectivity index (χ0) is 18.7. The van der Waals surface area contributed by atoms with Crippen molar-refractivity contribution in [3.8, 4) is 0 Å². The van der Waals surface area contributed by atoms with Crippen molar-refractivity contribution in [3.05, 3.63) is 71.3 Å². The fraction of sp³-hybridized carbons (Fsp3) is 0.409. The van der Waals surface area contributed by atoms with Crippen LogP contribution in [0.4, 0.5) is 0 Å². The summed E-state index contributed by atoms with van der Waals surface area (Å²) in [6, 6.07) is 18.9. The first-order valence-electron chi connectivity index (χ1n) is 9.59. The van der Waals surface area contributed by atoms with Gasteiger partial charge in [-0.15, -0.1) is 24.0 Å². The van der Waals surface area contributed by atoms with E-state index in [1.165, 1.54) is 16.7 Å². The molecule has 3 rings (SSSR count). The van der Waals surface area contributed by atoms with Gasteiger partial charge in [0.05, 0.1) is 12.7 Å². The molecule has 0 aliphatic carbocycles. The maximum Gasteiger partial charge on any atom is 0.191 e. The van der Waals surface area contributed by atoms with Gasteiger partial charge in [-0.05, 0) is 29.5 Å². The molecule has 0 aromatic heterocycles. The van der Waals surface area contributed by atoms with Crippen molar-refractivity contribution in [2.24, 2.45) is 4.99 Å². The van der Waals surface area contributed by atoms with Gasteiger partial charge in [0.1, 0.15) is 0 Å². The molecule has 1 fully saturated rings. The normalized spacial score (nSPS) is 15.0. The average molecular weight is 495 g/mol. The van der Waals surface area contributed by atoms with Crippen molar-refractivity contribution in [3.63, 3.8) is 0 Å². The van der Waals surface area contributed by atoms with Crippen LogP contribution in [-0.4, -0.2) is 32.3 Å². The Labute approximate surface area is 184 Å². The van der Waals surface area contributed by atoms with Crippen LogP contribution in [0.3, 0.4) is 0 Å². The first kappa shape index (κ1) is 22.6. The highest BCUT2D eigenvalue weighted by molar-refractivity contribution is 14.0. The van der Waals surface area contributed by atoms with Crippen molar-refractivity contribution in [1.29, 1.82) is 0 Å². The fourth-order valence-corrected chi connectivity index (χ4v) is 3.00. The summed E-state index contributed by atoms with van der Waals surface area (Å²) in [4.78, 5) is 4.28. The number of benzene rings is 2. The summed E-state index contributed by atoms with van der Waals surface area (Å²) in [5.41, 5.74) is 3.65. The van der Waals surface area contributed by atoms with Crippen LogP contribution in [0, 0.1) is 0 Å². The van der Waals surface area contributed by atoms with E-state index >= 15 is 0 Å². The molecule has 1 heterocycles. The molecule has 6 heteroatoms. The third-order valence-electron chi connectivity index (χ3n) is 4.66. The summed E-state index contributed by atoms with van der Waals surface area (Å²) in [5.74, 6) is 0.797. The monoisotopic (exact) mass is 495 g/mol. The Morgan fingerprint density at radius 3 is 2.11 bits per heavy atom. The van der Waals surface area contributed by atoms with Crippen molar-refractivity contribution in [2.45, 2.75) is 38.6 Å².